The van der Waals surface area contributed by atoms with E-state index in [1.165, 1.54) is 37.1 Å². The quantitative estimate of drug-likeness (QED) is 0.828. The van der Waals surface area contributed by atoms with E-state index in [4.69, 9.17) is 0 Å². The molecule has 4 heteroatoms. The van der Waals surface area contributed by atoms with E-state index in [2.05, 4.69) is 47.1 Å². The highest BCUT2D eigenvalue weighted by Gasteiger charge is 2.19. The fraction of sp³-hybridized carbons (Fsp3) is 0.467. The Bertz CT molecular complexity index is 547. The lowest BCUT2D eigenvalue weighted by atomic mass is 10.0. The lowest BCUT2D eigenvalue weighted by Gasteiger charge is -2.36. The second-order valence-electron chi connectivity index (χ2n) is 5.38. The third kappa shape index (κ3) is 2.35. The summed E-state index contributed by atoms with van der Waals surface area (Å²) < 4.78 is 1.94. The topological polar surface area (TPSA) is 34.0 Å². The molecule has 4 nitrogen and oxygen atoms in total. The van der Waals surface area contributed by atoms with Gasteiger partial charge in [0.15, 0.2) is 0 Å². The van der Waals surface area contributed by atoms with Gasteiger partial charge in [0.1, 0.15) is 12.7 Å². The summed E-state index contributed by atoms with van der Waals surface area (Å²) in [6.45, 7) is 5.69. The molecule has 1 aromatic carbocycles. The van der Waals surface area contributed by atoms with Gasteiger partial charge in [0, 0.05) is 24.0 Å². The van der Waals surface area contributed by atoms with Gasteiger partial charge in [0.25, 0.3) is 0 Å². The van der Waals surface area contributed by atoms with Crippen molar-refractivity contribution < 1.29 is 0 Å². The average Bonchev–Trinajstić information content (AvgIpc) is 2.94. The minimum absolute atomic E-state index is 0.646. The molecule has 0 spiro atoms. The first-order valence-electron chi connectivity index (χ1n) is 6.98. The molecule has 0 saturated carbocycles. The van der Waals surface area contributed by atoms with Crippen LogP contribution in [0.5, 0.6) is 0 Å². The zero-order chi connectivity index (χ0) is 13.2. The van der Waals surface area contributed by atoms with Crippen molar-refractivity contribution >= 4 is 5.69 Å². The Kier molecular flexibility index (Phi) is 3.23. The van der Waals surface area contributed by atoms with Crippen molar-refractivity contribution in [2.45, 2.75) is 39.2 Å². The summed E-state index contributed by atoms with van der Waals surface area (Å²) >= 11 is 0. The molecule has 1 saturated heterocycles. The van der Waals surface area contributed by atoms with Gasteiger partial charge in [-0.1, -0.05) is 0 Å². The van der Waals surface area contributed by atoms with Crippen LogP contribution in [0.4, 0.5) is 5.69 Å². The number of aryl methyl sites for hydroxylation is 1. The standard InChI is InChI=1S/C15H20N4/c1-12-9-14(18-10-16-17-11-18)6-7-15(12)19-8-4-3-5-13(19)2/h6-7,9-11,13H,3-5,8H2,1-2H3/t13-/m0/s1. The minimum atomic E-state index is 0.646. The van der Waals surface area contributed by atoms with Crippen LogP contribution in [0.2, 0.25) is 0 Å². The maximum atomic E-state index is 3.86. The van der Waals surface area contributed by atoms with Crippen LogP contribution in [0.25, 0.3) is 5.69 Å². The molecule has 1 aliphatic rings. The molecule has 1 atom stereocenters. The summed E-state index contributed by atoms with van der Waals surface area (Å²) in [6, 6.07) is 7.23. The first-order valence-corrected chi connectivity index (χ1v) is 6.98. The Balaban J connectivity index is 1.91. The van der Waals surface area contributed by atoms with Crippen LogP contribution < -0.4 is 4.90 Å². The molecule has 0 aliphatic carbocycles. The summed E-state index contributed by atoms with van der Waals surface area (Å²) in [4.78, 5) is 2.54. The van der Waals surface area contributed by atoms with E-state index in [1.807, 2.05) is 4.57 Å². The van der Waals surface area contributed by atoms with Crippen molar-refractivity contribution in [3.63, 3.8) is 0 Å². The molecule has 1 aliphatic heterocycles. The highest BCUT2D eigenvalue weighted by molar-refractivity contribution is 5.58. The maximum absolute atomic E-state index is 3.86. The highest BCUT2D eigenvalue weighted by Crippen LogP contribution is 2.28. The van der Waals surface area contributed by atoms with Crippen molar-refractivity contribution in [3.05, 3.63) is 36.4 Å². The first-order chi connectivity index (χ1) is 9.25. The second kappa shape index (κ2) is 5.03. The number of hydrogen-bond donors (Lipinski definition) is 0. The van der Waals surface area contributed by atoms with Crippen LogP contribution in [0.15, 0.2) is 30.9 Å². The maximum Gasteiger partial charge on any atom is 0.123 e. The summed E-state index contributed by atoms with van der Waals surface area (Å²) in [5.41, 5.74) is 3.81. The monoisotopic (exact) mass is 256 g/mol. The van der Waals surface area contributed by atoms with Crippen molar-refractivity contribution in [1.82, 2.24) is 14.8 Å². The predicted octanol–water partition coefficient (Wildman–Crippen LogP) is 2.95. The SMILES string of the molecule is Cc1cc(-n2cnnc2)ccc1N1CCCC[C@@H]1C. The van der Waals surface area contributed by atoms with Crippen LogP contribution in [0.3, 0.4) is 0 Å². The van der Waals surface area contributed by atoms with Crippen LogP contribution in [-0.4, -0.2) is 27.4 Å². The second-order valence-corrected chi connectivity index (χ2v) is 5.38. The van der Waals surface area contributed by atoms with Crippen molar-refractivity contribution in [3.8, 4) is 5.69 Å². The van der Waals surface area contributed by atoms with E-state index in [0.29, 0.717) is 6.04 Å². The number of piperidine rings is 1. The fourth-order valence-corrected chi connectivity index (χ4v) is 2.91. The van der Waals surface area contributed by atoms with E-state index in [9.17, 15) is 0 Å². The Morgan fingerprint density at radius 1 is 1.16 bits per heavy atom. The minimum Gasteiger partial charge on any atom is -0.369 e. The van der Waals surface area contributed by atoms with Gasteiger partial charge in [-0.2, -0.15) is 0 Å². The molecule has 2 heterocycles. The Hall–Kier alpha value is -1.84. The lowest BCUT2D eigenvalue weighted by molar-refractivity contribution is 0.484. The van der Waals surface area contributed by atoms with Crippen molar-refractivity contribution in [1.29, 1.82) is 0 Å². The summed E-state index contributed by atoms with van der Waals surface area (Å²) in [5, 5.41) is 7.71. The van der Waals surface area contributed by atoms with Gasteiger partial charge in [0.2, 0.25) is 0 Å². The van der Waals surface area contributed by atoms with Crippen LogP contribution in [0.1, 0.15) is 31.7 Å². The molecule has 100 valence electrons. The number of hydrogen-bond acceptors (Lipinski definition) is 3. The van der Waals surface area contributed by atoms with Crippen LogP contribution in [0, 0.1) is 6.92 Å². The molecule has 0 amide bonds. The molecule has 2 aromatic rings. The van der Waals surface area contributed by atoms with Crippen LogP contribution in [-0.2, 0) is 0 Å². The number of benzene rings is 1. The van der Waals surface area contributed by atoms with Gasteiger partial charge in [-0.3, -0.25) is 4.57 Å². The van der Waals surface area contributed by atoms with E-state index in [1.54, 1.807) is 12.7 Å². The molecule has 1 fully saturated rings. The Morgan fingerprint density at radius 3 is 2.63 bits per heavy atom. The molecule has 3 rings (SSSR count). The smallest absolute Gasteiger partial charge is 0.123 e. The number of nitrogens with zero attached hydrogens (tertiary/aromatic N) is 4. The summed E-state index contributed by atoms with van der Waals surface area (Å²) in [7, 11) is 0. The number of rotatable bonds is 2. The van der Waals surface area contributed by atoms with Gasteiger partial charge >= 0.3 is 0 Å². The third-order valence-corrected chi connectivity index (χ3v) is 4.01. The zero-order valence-electron chi connectivity index (χ0n) is 11.6. The fourth-order valence-electron chi connectivity index (χ4n) is 2.91. The van der Waals surface area contributed by atoms with Gasteiger partial charge in [-0.15, -0.1) is 10.2 Å². The average molecular weight is 256 g/mol. The Morgan fingerprint density at radius 2 is 1.95 bits per heavy atom. The molecule has 0 unspecified atom stereocenters. The highest BCUT2D eigenvalue weighted by atomic mass is 15.2. The normalized spacial score (nSPS) is 19.7. The predicted molar refractivity (Wildman–Crippen MR) is 76.8 cm³/mol. The van der Waals surface area contributed by atoms with Gasteiger partial charge in [-0.05, 0) is 56.9 Å². The van der Waals surface area contributed by atoms with E-state index < -0.39 is 0 Å². The molecule has 0 N–H and O–H groups in total. The largest absolute Gasteiger partial charge is 0.369 e. The molecular weight excluding hydrogens is 236 g/mol. The van der Waals surface area contributed by atoms with Gasteiger partial charge in [-0.25, -0.2) is 0 Å². The summed E-state index contributed by atoms with van der Waals surface area (Å²) in [5.74, 6) is 0. The van der Waals surface area contributed by atoms with Gasteiger partial charge < -0.3 is 4.90 Å². The van der Waals surface area contributed by atoms with E-state index in [0.717, 1.165) is 5.69 Å². The number of aromatic nitrogens is 3. The molecule has 0 bridgehead atoms. The van der Waals surface area contributed by atoms with E-state index >= 15 is 0 Å². The molecule has 19 heavy (non-hydrogen) atoms. The van der Waals surface area contributed by atoms with Crippen LogP contribution >= 0.6 is 0 Å². The molecule has 0 radical (unpaired) electrons. The first kappa shape index (κ1) is 12.2. The van der Waals surface area contributed by atoms with Crippen molar-refractivity contribution in [2.24, 2.45) is 0 Å². The number of anilines is 1. The van der Waals surface area contributed by atoms with Crippen molar-refractivity contribution in [2.75, 3.05) is 11.4 Å². The molecule has 1 aromatic heterocycles. The van der Waals surface area contributed by atoms with Gasteiger partial charge in [0.05, 0.1) is 0 Å². The summed E-state index contributed by atoms with van der Waals surface area (Å²) in [6.07, 6.45) is 7.43. The van der Waals surface area contributed by atoms with E-state index in [-0.39, 0.29) is 0 Å². The Labute approximate surface area is 114 Å². The molecular formula is C15H20N4. The lowest BCUT2D eigenvalue weighted by Crippen LogP contribution is -2.37. The third-order valence-electron chi connectivity index (χ3n) is 4.01. The zero-order valence-corrected chi connectivity index (χ0v) is 11.6.